The fourth-order valence-corrected chi connectivity index (χ4v) is 3.00. The van der Waals surface area contributed by atoms with Gasteiger partial charge in [0.1, 0.15) is 0 Å². The van der Waals surface area contributed by atoms with Crippen molar-refractivity contribution >= 4 is 0 Å². The Balaban J connectivity index is 2.05. The number of aromatic nitrogens is 2. The van der Waals surface area contributed by atoms with Gasteiger partial charge in [-0.1, -0.05) is 19.3 Å². The van der Waals surface area contributed by atoms with E-state index in [-0.39, 0.29) is 5.60 Å². The molecule has 4 nitrogen and oxygen atoms in total. The predicted molar refractivity (Wildman–Crippen MR) is 70.4 cm³/mol. The Kier molecular flexibility index (Phi) is 4.40. The molecule has 0 amide bonds. The van der Waals surface area contributed by atoms with Crippen molar-refractivity contribution in [3.8, 4) is 0 Å². The van der Waals surface area contributed by atoms with E-state index in [0.29, 0.717) is 13.0 Å². The summed E-state index contributed by atoms with van der Waals surface area (Å²) in [7, 11) is 1.90. The maximum atomic E-state index is 10.6. The van der Waals surface area contributed by atoms with Crippen molar-refractivity contribution in [1.29, 1.82) is 0 Å². The van der Waals surface area contributed by atoms with Crippen molar-refractivity contribution in [3.63, 3.8) is 0 Å². The average Bonchev–Trinajstić information content (AvgIpc) is 2.76. The highest BCUT2D eigenvalue weighted by atomic mass is 16.5. The summed E-state index contributed by atoms with van der Waals surface area (Å²) < 4.78 is 7.71. The molecule has 0 bridgehead atoms. The molecule has 1 aliphatic carbocycles. The second-order valence-electron chi connectivity index (χ2n) is 5.30. The summed E-state index contributed by atoms with van der Waals surface area (Å²) in [5.41, 5.74) is 0.748. The molecular weight excluding hydrogens is 228 g/mol. The summed E-state index contributed by atoms with van der Waals surface area (Å²) in [4.78, 5) is 0. The zero-order chi connectivity index (χ0) is 13.0. The minimum absolute atomic E-state index is 0.331. The third-order valence-electron chi connectivity index (χ3n) is 3.93. The Bertz CT molecular complexity index is 364. The Morgan fingerprint density at radius 1 is 1.44 bits per heavy atom. The van der Waals surface area contributed by atoms with Crippen molar-refractivity contribution in [2.75, 3.05) is 6.61 Å². The second-order valence-corrected chi connectivity index (χ2v) is 5.30. The van der Waals surface area contributed by atoms with Crippen LogP contribution in [0, 0.1) is 0 Å². The maximum absolute atomic E-state index is 10.6. The molecule has 1 aromatic rings. The smallest absolute Gasteiger partial charge is 0.0943 e. The number of hydrogen-bond donors (Lipinski definition) is 1. The minimum Gasteiger partial charge on any atom is -0.390 e. The molecule has 1 atom stereocenters. The Hall–Kier alpha value is -0.870. The molecule has 0 spiro atoms. The molecule has 0 aromatic carbocycles. The highest BCUT2D eigenvalue weighted by molar-refractivity contribution is 5.08. The van der Waals surface area contributed by atoms with Gasteiger partial charge in [-0.05, 0) is 25.3 Å². The van der Waals surface area contributed by atoms with E-state index in [1.54, 1.807) is 4.68 Å². The molecule has 18 heavy (non-hydrogen) atoms. The van der Waals surface area contributed by atoms with E-state index in [2.05, 4.69) is 5.10 Å². The molecule has 1 N–H and O–H groups in total. The van der Waals surface area contributed by atoms with Crippen LogP contribution in [0.1, 0.15) is 44.6 Å². The van der Waals surface area contributed by atoms with Crippen molar-refractivity contribution in [3.05, 3.63) is 18.0 Å². The van der Waals surface area contributed by atoms with Gasteiger partial charge in [-0.2, -0.15) is 5.10 Å². The largest absolute Gasteiger partial charge is 0.390 e. The number of ether oxygens (including phenoxy) is 1. The summed E-state index contributed by atoms with van der Waals surface area (Å²) in [5.74, 6) is 0. The summed E-state index contributed by atoms with van der Waals surface area (Å²) >= 11 is 0. The molecule has 0 saturated heterocycles. The van der Waals surface area contributed by atoms with Gasteiger partial charge in [-0.25, -0.2) is 0 Å². The second kappa shape index (κ2) is 5.85. The molecule has 0 aliphatic heterocycles. The van der Waals surface area contributed by atoms with Gasteiger partial charge in [0.2, 0.25) is 0 Å². The van der Waals surface area contributed by atoms with Crippen LogP contribution in [0.5, 0.6) is 0 Å². The highest BCUT2D eigenvalue weighted by Gasteiger charge is 2.39. The fraction of sp³-hybridized carbons (Fsp3) is 0.786. The van der Waals surface area contributed by atoms with Gasteiger partial charge >= 0.3 is 0 Å². The third-order valence-corrected chi connectivity index (χ3v) is 3.93. The van der Waals surface area contributed by atoms with E-state index in [0.717, 1.165) is 31.2 Å². The molecule has 0 radical (unpaired) electrons. The summed E-state index contributed by atoms with van der Waals surface area (Å²) in [6.07, 6.45) is 9.51. The van der Waals surface area contributed by atoms with Crippen LogP contribution in [0.3, 0.4) is 0 Å². The average molecular weight is 252 g/mol. The number of nitrogens with zero attached hydrogens (tertiary/aromatic N) is 2. The lowest BCUT2D eigenvalue weighted by molar-refractivity contribution is -0.138. The van der Waals surface area contributed by atoms with E-state index >= 15 is 0 Å². The standard InChI is InChI=1S/C14H24N2O2/c1-3-18-14(7-5-4-6-8-14)13(17)9-12-10-15-16(2)11-12/h10-11,13,17H,3-9H2,1-2H3. The van der Waals surface area contributed by atoms with Gasteiger partial charge in [0.15, 0.2) is 0 Å². The number of aryl methyl sites for hydroxylation is 1. The van der Waals surface area contributed by atoms with Crippen molar-refractivity contribution in [2.45, 2.75) is 57.2 Å². The van der Waals surface area contributed by atoms with Crippen LogP contribution in [-0.4, -0.2) is 33.2 Å². The van der Waals surface area contributed by atoms with Crippen LogP contribution in [0.2, 0.25) is 0 Å². The van der Waals surface area contributed by atoms with Gasteiger partial charge in [0.25, 0.3) is 0 Å². The Labute approximate surface area is 109 Å². The van der Waals surface area contributed by atoms with Crippen LogP contribution in [0.25, 0.3) is 0 Å². The quantitative estimate of drug-likeness (QED) is 0.872. The normalized spacial score (nSPS) is 20.8. The monoisotopic (exact) mass is 252 g/mol. The minimum atomic E-state index is -0.429. The first kappa shape index (κ1) is 13.6. The molecule has 102 valence electrons. The van der Waals surface area contributed by atoms with Crippen LogP contribution >= 0.6 is 0 Å². The molecule has 2 rings (SSSR count). The molecule has 1 fully saturated rings. The molecular formula is C14H24N2O2. The lowest BCUT2D eigenvalue weighted by Crippen LogP contribution is -2.47. The van der Waals surface area contributed by atoms with E-state index in [9.17, 15) is 5.11 Å². The number of rotatable bonds is 5. The SMILES string of the molecule is CCOC1(C(O)Cc2cnn(C)c2)CCCCC1. The number of aliphatic hydroxyl groups is 1. The van der Waals surface area contributed by atoms with Gasteiger partial charge < -0.3 is 9.84 Å². The van der Waals surface area contributed by atoms with Crippen molar-refractivity contribution in [1.82, 2.24) is 9.78 Å². The zero-order valence-corrected chi connectivity index (χ0v) is 11.4. The van der Waals surface area contributed by atoms with Crippen molar-refractivity contribution < 1.29 is 9.84 Å². The van der Waals surface area contributed by atoms with Crippen molar-refractivity contribution in [2.24, 2.45) is 7.05 Å². The van der Waals surface area contributed by atoms with E-state index in [4.69, 9.17) is 4.74 Å². The third kappa shape index (κ3) is 2.93. The zero-order valence-electron chi connectivity index (χ0n) is 11.4. The first-order valence-electron chi connectivity index (χ1n) is 6.96. The van der Waals surface area contributed by atoms with Crippen LogP contribution in [0.15, 0.2) is 12.4 Å². The van der Waals surface area contributed by atoms with Crippen LogP contribution in [-0.2, 0) is 18.2 Å². The Morgan fingerprint density at radius 2 is 2.17 bits per heavy atom. The first-order valence-corrected chi connectivity index (χ1v) is 6.96. The maximum Gasteiger partial charge on any atom is 0.0943 e. The number of aliphatic hydroxyl groups excluding tert-OH is 1. The molecule has 1 saturated carbocycles. The topological polar surface area (TPSA) is 47.3 Å². The molecule has 4 heteroatoms. The van der Waals surface area contributed by atoms with Crippen LogP contribution in [0.4, 0.5) is 0 Å². The molecule has 1 aromatic heterocycles. The summed E-state index contributed by atoms with van der Waals surface area (Å²) in [6, 6.07) is 0. The molecule has 1 aliphatic rings. The number of hydrogen-bond acceptors (Lipinski definition) is 3. The van der Waals surface area contributed by atoms with Gasteiger partial charge in [-0.3, -0.25) is 4.68 Å². The first-order chi connectivity index (χ1) is 8.66. The summed E-state index contributed by atoms with van der Waals surface area (Å²) in [5, 5.41) is 14.7. The lowest BCUT2D eigenvalue weighted by Gasteiger charge is -2.40. The van der Waals surface area contributed by atoms with Gasteiger partial charge in [0, 0.05) is 26.3 Å². The van der Waals surface area contributed by atoms with E-state index in [1.165, 1.54) is 6.42 Å². The highest BCUT2D eigenvalue weighted by Crippen LogP contribution is 2.35. The molecule has 1 heterocycles. The predicted octanol–water partition coefficient (Wildman–Crippen LogP) is 2.06. The Morgan fingerprint density at radius 3 is 2.72 bits per heavy atom. The molecule has 1 unspecified atom stereocenters. The van der Waals surface area contributed by atoms with Gasteiger partial charge in [-0.15, -0.1) is 0 Å². The lowest BCUT2D eigenvalue weighted by atomic mass is 9.79. The van der Waals surface area contributed by atoms with Crippen LogP contribution < -0.4 is 0 Å². The fourth-order valence-electron chi connectivity index (χ4n) is 3.00. The van der Waals surface area contributed by atoms with E-state index < -0.39 is 6.10 Å². The summed E-state index contributed by atoms with van der Waals surface area (Å²) in [6.45, 7) is 2.68. The van der Waals surface area contributed by atoms with Gasteiger partial charge in [0.05, 0.1) is 17.9 Å². The van der Waals surface area contributed by atoms with E-state index in [1.807, 2.05) is 26.4 Å².